The van der Waals surface area contributed by atoms with E-state index in [4.69, 9.17) is 11.1 Å². The van der Waals surface area contributed by atoms with Crippen LogP contribution >= 0.6 is 0 Å². The molecule has 0 amide bonds. The van der Waals surface area contributed by atoms with Crippen LogP contribution in [0.5, 0.6) is 0 Å². The molecule has 190 valence electrons. The number of nitrogens with zero attached hydrogens (tertiary/aromatic N) is 6. The molecule has 0 spiro atoms. The fourth-order valence-corrected chi connectivity index (χ4v) is 5.81. The first-order chi connectivity index (χ1) is 17.2. The molecule has 12 heteroatoms. The Balaban J connectivity index is 1.98. The molecule has 0 radical (unpaired) electrons. The van der Waals surface area contributed by atoms with Gasteiger partial charge in [-0.1, -0.05) is 47.4 Å². The monoisotopic (exact) mass is 528 g/mol. The van der Waals surface area contributed by atoms with E-state index in [0.29, 0.717) is 24.2 Å². The number of rotatable bonds is 15. The molecule has 0 heterocycles. The molecule has 0 unspecified atom stereocenters. The average molecular weight is 529 g/mol. The molecule has 0 N–H and O–H groups in total. The highest BCUT2D eigenvalue weighted by Crippen LogP contribution is 2.28. The summed E-state index contributed by atoms with van der Waals surface area (Å²) in [4.78, 5) is 5.81. The van der Waals surface area contributed by atoms with Crippen molar-refractivity contribution < 1.29 is 16.8 Å². The summed E-state index contributed by atoms with van der Waals surface area (Å²) in [6, 6.07) is 9.16. The lowest BCUT2D eigenvalue weighted by molar-refractivity contribution is 0.597. The Morgan fingerprint density at radius 2 is 1.08 bits per heavy atom. The SMILES string of the molecule is C=CCS(=O)(=O)c1ccc(CCCCCCc2ccc(S(=O)(=O)CC=C)cc2N=[N+]=[N-])c(N=[N+]=[N-])c1. The van der Waals surface area contributed by atoms with Crippen LogP contribution in [0.3, 0.4) is 0 Å². The third-order valence-corrected chi connectivity index (χ3v) is 8.75. The zero-order chi connectivity index (χ0) is 26.6. The minimum atomic E-state index is -3.52. The van der Waals surface area contributed by atoms with E-state index >= 15 is 0 Å². The molecule has 0 aliphatic heterocycles. The summed E-state index contributed by atoms with van der Waals surface area (Å²) in [7, 11) is -7.04. The molecule has 0 bridgehead atoms. The van der Waals surface area contributed by atoms with Gasteiger partial charge in [0.15, 0.2) is 19.7 Å². The molecule has 0 aromatic heterocycles. The lowest BCUT2D eigenvalue weighted by atomic mass is 10.0. The van der Waals surface area contributed by atoms with Gasteiger partial charge in [0.2, 0.25) is 0 Å². The summed E-state index contributed by atoms with van der Waals surface area (Å²) in [5.41, 5.74) is 19.9. The van der Waals surface area contributed by atoms with Crippen LogP contribution in [0.4, 0.5) is 11.4 Å². The summed E-state index contributed by atoms with van der Waals surface area (Å²) in [6.45, 7) is 6.91. The van der Waals surface area contributed by atoms with E-state index in [1.807, 2.05) is 0 Å². The second-order valence-corrected chi connectivity index (χ2v) is 12.1. The molecule has 2 rings (SSSR count). The van der Waals surface area contributed by atoms with Crippen molar-refractivity contribution in [2.45, 2.75) is 48.3 Å². The number of sulfone groups is 2. The maximum atomic E-state index is 12.2. The van der Waals surface area contributed by atoms with Gasteiger partial charge in [-0.15, -0.1) is 13.2 Å². The highest BCUT2D eigenvalue weighted by molar-refractivity contribution is 7.91. The Labute approximate surface area is 211 Å². The molecule has 0 fully saturated rings. The van der Waals surface area contributed by atoms with Gasteiger partial charge in [-0.3, -0.25) is 0 Å². The van der Waals surface area contributed by atoms with Crippen molar-refractivity contribution in [1.82, 2.24) is 0 Å². The maximum Gasteiger partial charge on any atom is 0.181 e. The van der Waals surface area contributed by atoms with Crippen LogP contribution in [0.25, 0.3) is 20.9 Å². The first kappa shape index (κ1) is 28.7. The quantitative estimate of drug-likeness (QED) is 0.0812. The Kier molecular flexibility index (Phi) is 10.8. The third-order valence-electron chi connectivity index (χ3n) is 5.45. The summed E-state index contributed by atoms with van der Waals surface area (Å²) in [6.07, 6.45) is 7.20. The van der Waals surface area contributed by atoms with E-state index in [2.05, 4.69) is 33.2 Å². The van der Waals surface area contributed by atoms with Gasteiger partial charge in [0.05, 0.1) is 21.3 Å². The largest absolute Gasteiger partial charge is 0.223 e. The van der Waals surface area contributed by atoms with Crippen LogP contribution in [0.15, 0.2) is 81.7 Å². The summed E-state index contributed by atoms with van der Waals surface area (Å²) in [5.74, 6) is -0.395. The Morgan fingerprint density at radius 1 is 0.694 bits per heavy atom. The normalized spacial score (nSPS) is 11.2. The zero-order valence-electron chi connectivity index (χ0n) is 19.8. The lowest BCUT2D eigenvalue weighted by Crippen LogP contribution is -2.04. The molecule has 2 aromatic rings. The first-order valence-electron chi connectivity index (χ1n) is 11.2. The second kappa shape index (κ2) is 13.5. The standard InChI is InChI=1S/C24H28N6O4S2/c1-3-15-35(31,32)21-13-11-19(23(17-21)27-29-25)9-7-5-6-8-10-20-12-14-22(18-24(20)28-30-26)36(33,34)16-4-2/h3-4,11-14,17-18H,1-2,5-10,15-16H2. The van der Waals surface area contributed by atoms with E-state index in [1.165, 1.54) is 36.4 Å². The fourth-order valence-electron chi connectivity index (χ4n) is 3.67. The Bertz CT molecular complexity index is 1310. The highest BCUT2D eigenvalue weighted by Gasteiger charge is 2.15. The first-order valence-corrected chi connectivity index (χ1v) is 14.5. The molecule has 0 atom stereocenters. The van der Waals surface area contributed by atoms with Gasteiger partial charge in [0.25, 0.3) is 0 Å². The number of hydrogen-bond donors (Lipinski definition) is 0. The van der Waals surface area contributed by atoms with Crippen molar-refractivity contribution in [3.05, 3.63) is 93.7 Å². The molecular formula is C24H28N6O4S2. The Morgan fingerprint density at radius 3 is 1.42 bits per heavy atom. The third kappa shape index (κ3) is 8.00. The summed E-state index contributed by atoms with van der Waals surface area (Å²) < 4.78 is 49.0. The van der Waals surface area contributed by atoms with Gasteiger partial charge in [-0.25, -0.2) is 16.8 Å². The van der Waals surface area contributed by atoms with Gasteiger partial charge in [-0.2, -0.15) is 0 Å². The van der Waals surface area contributed by atoms with E-state index in [-0.39, 0.29) is 21.3 Å². The molecular weight excluding hydrogens is 500 g/mol. The average Bonchev–Trinajstić information content (AvgIpc) is 2.83. The van der Waals surface area contributed by atoms with Crippen LogP contribution in [-0.4, -0.2) is 28.3 Å². The van der Waals surface area contributed by atoms with Crippen molar-refractivity contribution in [2.24, 2.45) is 10.2 Å². The fraction of sp³-hybridized carbons (Fsp3) is 0.333. The molecule has 0 saturated carbocycles. The van der Waals surface area contributed by atoms with Crippen molar-refractivity contribution in [3.63, 3.8) is 0 Å². The van der Waals surface area contributed by atoms with Crippen molar-refractivity contribution in [1.29, 1.82) is 0 Å². The smallest absolute Gasteiger partial charge is 0.181 e. The molecule has 10 nitrogen and oxygen atoms in total. The van der Waals surface area contributed by atoms with E-state index in [1.54, 1.807) is 12.1 Å². The zero-order valence-corrected chi connectivity index (χ0v) is 21.5. The maximum absolute atomic E-state index is 12.2. The van der Waals surface area contributed by atoms with Crippen LogP contribution in [0.2, 0.25) is 0 Å². The number of aryl methyl sites for hydroxylation is 2. The molecule has 0 aliphatic rings. The number of hydrogen-bond acceptors (Lipinski definition) is 6. The minimum Gasteiger partial charge on any atom is -0.223 e. The lowest BCUT2D eigenvalue weighted by Gasteiger charge is -2.10. The van der Waals surface area contributed by atoms with Gasteiger partial charge in [0, 0.05) is 21.2 Å². The van der Waals surface area contributed by atoms with Gasteiger partial charge in [-0.05, 0) is 72.1 Å². The summed E-state index contributed by atoms with van der Waals surface area (Å²) >= 11 is 0. The summed E-state index contributed by atoms with van der Waals surface area (Å²) in [5, 5.41) is 7.32. The van der Waals surface area contributed by atoms with E-state index in [9.17, 15) is 16.8 Å². The molecule has 2 aromatic carbocycles. The molecule has 36 heavy (non-hydrogen) atoms. The van der Waals surface area contributed by atoms with Crippen LogP contribution in [-0.2, 0) is 32.5 Å². The van der Waals surface area contributed by atoms with Gasteiger partial charge < -0.3 is 0 Å². The topological polar surface area (TPSA) is 166 Å². The van der Waals surface area contributed by atoms with Crippen molar-refractivity contribution in [3.8, 4) is 0 Å². The van der Waals surface area contributed by atoms with Crippen LogP contribution in [0.1, 0.15) is 36.8 Å². The number of benzene rings is 2. The predicted molar refractivity (Wildman–Crippen MR) is 141 cm³/mol. The van der Waals surface area contributed by atoms with Crippen LogP contribution < -0.4 is 0 Å². The van der Waals surface area contributed by atoms with Crippen molar-refractivity contribution in [2.75, 3.05) is 11.5 Å². The predicted octanol–water partition coefficient (Wildman–Crippen LogP) is 6.84. The molecule has 0 aliphatic carbocycles. The van der Waals surface area contributed by atoms with E-state index in [0.717, 1.165) is 36.8 Å². The number of unbranched alkanes of at least 4 members (excludes halogenated alkanes) is 3. The Hall–Kier alpha value is -3.56. The van der Waals surface area contributed by atoms with Crippen LogP contribution in [0, 0.1) is 0 Å². The molecule has 0 saturated heterocycles. The minimum absolute atomic E-state index is 0.0905. The number of azide groups is 2. The highest BCUT2D eigenvalue weighted by atomic mass is 32.2. The van der Waals surface area contributed by atoms with Gasteiger partial charge in [0.1, 0.15) is 0 Å². The second-order valence-electron chi connectivity index (χ2n) is 8.01. The van der Waals surface area contributed by atoms with E-state index < -0.39 is 19.7 Å². The van der Waals surface area contributed by atoms with Crippen molar-refractivity contribution >= 4 is 31.0 Å². The van der Waals surface area contributed by atoms with Gasteiger partial charge >= 0.3 is 0 Å².